The molecule has 1 aliphatic heterocycles. The lowest BCUT2D eigenvalue weighted by Gasteiger charge is -2.35. The molecule has 0 aliphatic carbocycles. The summed E-state index contributed by atoms with van der Waals surface area (Å²) < 4.78 is 0. The number of nitrogens with zero attached hydrogens (tertiary/aromatic N) is 3. The van der Waals surface area contributed by atoms with Crippen molar-refractivity contribution in [2.24, 2.45) is 0 Å². The zero-order chi connectivity index (χ0) is 18.5. The van der Waals surface area contributed by atoms with Gasteiger partial charge < -0.3 is 15.1 Å². The third kappa shape index (κ3) is 4.26. The fraction of sp³-hybridized carbons (Fsp3) is 0.350. The van der Waals surface area contributed by atoms with E-state index in [1.54, 1.807) is 36.7 Å². The fourth-order valence-electron chi connectivity index (χ4n) is 3.07. The van der Waals surface area contributed by atoms with Gasteiger partial charge in [-0.1, -0.05) is 19.1 Å². The summed E-state index contributed by atoms with van der Waals surface area (Å²) in [6.45, 7) is 8.64. The van der Waals surface area contributed by atoms with Crippen LogP contribution in [0.5, 0.6) is 0 Å². The van der Waals surface area contributed by atoms with E-state index < -0.39 is 0 Å². The van der Waals surface area contributed by atoms with Crippen molar-refractivity contribution in [1.29, 1.82) is 0 Å². The van der Waals surface area contributed by atoms with Crippen molar-refractivity contribution < 1.29 is 9.59 Å². The molecule has 136 valence electrons. The van der Waals surface area contributed by atoms with Crippen molar-refractivity contribution in [2.75, 3.05) is 42.9 Å². The minimum Gasteiger partial charge on any atom is -0.368 e. The van der Waals surface area contributed by atoms with Crippen LogP contribution in [-0.2, 0) is 0 Å². The molecule has 2 aromatic rings. The summed E-state index contributed by atoms with van der Waals surface area (Å²) in [7, 11) is 0. The molecule has 1 saturated heterocycles. The van der Waals surface area contributed by atoms with Gasteiger partial charge in [0, 0.05) is 43.6 Å². The lowest BCUT2D eigenvalue weighted by molar-refractivity contribution is 0.101. The van der Waals surface area contributed by atoms with Crippen molar-refractivity contribution in [3.63, 3.8) is 0 Å². The Morgan fingerprint density at radius 1 is 1.08 bits per heavy atom. The highest BCUT2D eigenvalue weighted by Gasteiger charge is 2.17. The zero-order valence-electron chi connectivity index (χ0n) is 15.2. The second-order valence-corrected chi connectivity index (χ2v) is 6.44. The molecule has 3 rings (SSSR count). The van der Waals surface area contributed by atoms with Gasteiger partial charge in [0.05, 0.1) is 17.4 Å². The molecule has 0 bridgehead atoms. The summed E-state index contributed by atoms with van der Waals surface area (Å²) in [5.74, 6) is -0.261. The van der Waals surface area contributed by atoms with Crippen molar-refractivity contribution >= 4 is 23.1 Å². The lowest BCUT2D eigenvalue weighted by atomic mass is 10.1. The molecule has 0 unspecified atom stereocenters. The molecule has 0 atom stereocenters. The molecule has 1 aliphatic rings. The van der Waals surface area contributed by atoms with Gasteiger partial charge in [-0.2, -0.15) is 0 Å². The Balaban J connectivity index is 1.70. The first kappa shape index (κ1) is 18.1. The third-order valence-corrected chi connectivity index (χ3v) is 4.70. The molecule has 0 saturated carbocycles. The number of carbonyl (C=O) groups excluding carboxylic acids is 2. The topological polar surface area (TPSA) is 65.5 Å². The van der Waals surface area contributed by atoms with Gasteiger partial charge in [0.2, 0.25) is 0 Å². The predicted molar refractivity (Wildman–Crippen MR) is 103 cm³/mol. The lowest BCUT2D eigenvalue weighted by Crippen LogP contribution is -2.46. The molecule has 1 amide bonds. The highest BCUT2D eigenvalue weighted by molar-refractivity contribution is 6.05. The molecule has 6 nitrogen and oxygen atoms in total. The molecule has 0 radical (unpaired) electrons. The second-order valence-electron chi connectivity index (χ2n) is 6.44. The zero-order valence-corrected chi connectivity index (χ0v) is 15.2. The van der Waals surface area contributed by atoms with E-state index in [1.165, 1.54) is 6.92 Å². The summed E-state index contributed by atoms with van der Waals surface area (Å²) in [5.41, 5.74) is 2.65. The number of amides is 1. The monoisotopic (exact) mass is 352 g/mol. The van der Waals surface area contributed by atoms with Crippen molar-refractivity contribution in [3.05, 3.63) is 53.9 Å². The standard InChI is InChI=1S/C20H24N4O2/c1-3-23-7-9-24(10-8-23)19-12-17(13-21-14-19)20(26)22-18-6-4-5-16(11-18)15(2)25/h4-6,11-14H,3,7-10H2,1-2H3,(H,22,26). The predicted octanol–water partition coefficient (Wildman–Crippen LogP) is 2.68. The molecule has 1 fully saturated rings. The first-order valence-corrected chi connectivity index (χ1v) is 8.91. The molecule has 0 spiro atoms. The molecule has 6 heteroatoms. The van der Waals surface area contributed by atoms with Crippen LogP contribution in [-0.4, -0.2) is 54.3 Å². The van der Waals surface area contributed by atoms with Crippen molar-refractivity contribution in [3.8, 4) is 0 Å². The number of nitrogens with one attached hydrogen (secondary N) is 1. The molecule has 1 N–H and O–H groups in total. The number of hydrogen-bond acceptors (Lipinski definition) is 5. The number of likely N-dealkylation sites (N-methyl/N-ethyl adjacent to an activating group) is 1. The maximum absolute atomic E-state index is 12.6. The quantitative estimate of drug-likeness (QED) is 0.838. The van der Waals surface area contributed by atoms with E-state index in [0.717, 1.165) is 38.4 Å². The number of Topliss-reactive ketones (excluding diaryl/α,β-unsaturated/α-hetero) is 1. The van der Waals surface area contributed by atoms with E-state index in [2.05, 4.69) is 27.0 Å². The summed E-state index contributed by atoms with van der Waals surface area (Å²) in [5, 5.41) is 2.84. The minimum absolute atomic E-state index is 0.0315. The third-order valence-electron chi connectivity index (χ3n) is 4.70. The molecular formula is C20H24N4O2. The summed E-state index contributed by atoms with van der Waals surface area (Å²) >= 11 is 0. The maximum atomic E-state index is 12.6. The average Bonchev–Trinajstić information content (AvgIpc) is 2.68. The molecular weight excluding hydrogens is 328 g/mol. The highest BCUT2D eigenvalue weighted by atomic mass is 16.1. The highest BCUT2D eigenvalue weighted by Crippen LogP contribution is 2.18. The number of pyridine rings is 1. The van der Waals surface area contributed by atoms with E-state index in [9.17, 15) is 9.59 Å². The SMILES string of the molecule is CCN1CCN(c2cncc(C(=O)Nc3cccc(C(C)=O)c3)c2)CC1. The minimum atomic E-state index is -0.229. The van der Waals surface area contributed by atoms with Crippen LogP contribution in [0.4, 0.5) is 11.4 Å². The largest absolute Gasteiger partial charge is 0.368 e. The van der Waals surface area contributed by atoms with Crippen LogP contribution in [0.2, 0.25) is 0 Å². The van der Waals surface area contributed by atoms with Crippen LogP contribution in [0.15, 0.2) is 42.7 Å². The first-order valence-electron chi connectivity index (χ1n) is 8.91. The Morgan fingerprint density at radius 2 is 1.85 bits per heavy atom. The average molecular weight is 352 g/mol. The van der Waals surface area contributed by atoms with E-state index in [0.29, 0.717) is 16.8 Å². The number of aromatic nitrogens is 1. The molecule has 1 aromatic heterocycles. The van der Waals surface area contributed by atoms with Crippen LogP contribution in [0, 0.1) is 0 Å². The van der Waals surface area contributed by atoms with Gasteiger partial charge in [0.25, 0.3) is 5.91 Å². The normalized spacial score (nSPS) is 14.9. The number of piperazine rings is 1. The number of rotatable bonds is 5. The summed E-state index contributed by atoms with van der Waals surface area (Å²) in [6.07, 6.45) is 3.37. The van der Waals surface area contributed by atoms with Gasteiger partial charge in [-0.05, 0) is 31.7 Å². The van der Waals surface area contributed by atoms with Crippen LogP contribution in [0.25, 0.3) is 0 Å². The van der Waals surface area contributed by atoms with E-state index in [-0.39, 0.29) is 11.7 Å². The first-order chi connectivity index (χ1) is 12.6. The van der Waals surface area contributed by atoms with Gasteiger partial charge in [-0.3, -0.25) is 14.6 Å². The van der Waals surface area contributed by atoms with Crippen LogP contribution in [0.3, 0.4) is 0 Å². The molecule has 2 heterocycles. The number of hydrogen-bond donors (Lipinski definition) is 1. The second kappa shape index (κ2) is 8.10. The Labute approximate surface area is 153 Å². The van der Waals surface area contributed by atoms with Crippen molar-refractivity contribution in [2.45, 2.75) is 13.8 Å². The maximum Gasteiger partial charge on any atom is 0.257 e. The van der Waals surface area contributed by atoms with Gasteiger partial charge in [0.15, 0.2) is 5.78 Å². The van der Waals surface area contributed by atoms with E-state index >= 15 is 0 Å². The Kier molecular flexibility index (Phi) is 5.63. The Bertz CT molecular complexity index is 798. The van der Waals surface area contributed by atoms with Gasteiger partial charge in [-0.25, -0.2) is 0 Å². The number of ketones is 1. The summed E-state index contributed by atoms with van der Waals surface area (Å²) in [4.78, 5) is 33.0. The van der Waals surface area contributed by atoms with Crippen LogP contribution >= 0.6 is 0 Å². The Morgan fingerprint density at radius 3 is 2.54 bits per heavy atom. The molecule has 26 heavy (non-hydrogen) atoms. The van der Waals surface area contributed by atoms with Crippen LogP contribution in [0.1, 0.15) is 34.6 Å². The van der Waals surface area contributed by atoms with Gasteiger partial charge >= 0.3 is 0 Å². The molecule has 1 aromatic carbocycles. The number of anilines is 2. The Hall–Kier alpha value is -2.73. The fourth-order valence-corrected chi connectivity index (χ4v) is 3.07. The number of carbonyl (C=O) groups is 2. The van der Waals surface area contributed by atoms with Crippen LogP contribution < -0.4 is 10.2 Å². The smallest absolute Gasteiger partial charge is 0.257 e. The number of benzene rings is 1. The van der Waals surface area contributed by atoms with E-state index in [4.69, 9.17) is 0 Å². The summed E-state index contributed by atoms with van der Waals surface area (Å²) in [6, 6.07) is 8.82. The van der Waals surface area contributed by atoms with Gasteiger partial charge in [0.1, 0.15) is 0 Å². The van der Waals surface area contributed by atoms with Gasteiger partial charge in [-0.15, -0.1) is 0 Å². The van der Waals surface area contributed by atoms with Crippen molar-refractivity contribution in [1.82, 2.24) is 9.88 Å². The van der Waals surface area contributed by atoms with E-state index in [1.807, 2.05) is 6.07 Å².